The van der Waals surface area contributed by atoms with E-state index in [2.05, 4.69) is 20.9 Å². The van der Waals surface area contributed by atoms with Crippen molar-refractivity contribution in [2.24, 2.45) is 5.92 Å². The molecule has 2 N–H and O–H groups in total. The van der Waals surface area contributed by atoms with Gasteiger partial charge in [0.05, 0.1) is 53.9 Å². The van der Waals surface area contributed by atoms with Crippen LogP contribution < -0.4 is 9.47 Å². The van der Waals surface area contributed by atoms with Gasteiger partial charge in [-0.2, -0.15) is 0 Å². The van der Waals surface area contributed by atoms with E-state index in [1.165, 1.54) is 0 Å². The minimum Gasteiger partial charge on any atom is -0.481 e. The number of pyridine rings is 1. The molecule has 10 nitrogen and oxygen atoms in total. The second kappa shape index (κ2) is 13.6. The molecule has 2 atom stereocenters. The number of carboxylic acids is 1. The first-order chi connectivity index (χ1) is 23.2. The van der Waals surface area contributed by atoms with Crippen molar-refractivity contribution in [2.75, 3.05) is 40.4 Å². The Labute approximate surface area is 289 Å². The number of ether oxygens (including phenoxy) is 2. The van der Waals surface area contributed by atoms with Crippen LogP contribution in [0, 0.1) is 5.92 Å². The molecule has 1 aliphatic carbocycles. The van der Waals surface area contributed by atoms with Crippen molar-refractivity contribution >= 4 is 29.2 Å². The van der Waals surface area contributed by atoms with Gasteiger partial charge in [0.2, 0.25) is 11.8 Å². The lowest BCUT2D eigenvalue weighted by Crippen LogP contribution is -2.50. The molecule has 0 saturated carbocycles. The van der Waals surface area contributed by atoms with E-state index in [1.54, 1.807) is 20.4 Å². The molecule has 4 aromatic rings. The number of aliphatic carboxylic acids is 1. The Morgan fingerprint density at radius 3 is 2.21 bits per heavy atom. The number of rotatable bonds is 9. The summed E-state index contributed by atoms with van der Waals surface area (Å²) in [7, 11) is 3.19. The largest absolute Gasteiger partial charge is 0.481 e. The van der Waals surface area contributed by atoms with Crippen molar-refractivity contribution in [3.8, 4) is 45.4 Å². The topological polar surface area (TPSA) is 121 Å². The number of fused-ring (bicyclic) bond motifs is 1. The molecule has 2 saturated heterocycles. The Hall–Kier alpha value is -3.80. The number of aliphatic hydroxyl groups excluding tert-OH is 1. The molecule has 0 amide bonds. The molecular formula is C36H37Cl2N5O5. The summed E-state index contributed by atoms with van der Waals surface area (Å²) in [4.78, 5) is 30.4. The summed E-state index contributed by atoms with van der Waals surface area (Å²) in [5.74, 6) is -0.127. The number of methoxy groups -OCH3 is 2. The first kappa shape index (κ1) is 32.7. The zero-order valence-corrected chi connectivity index (χ0v) is 28.3. The van der Waals surface area contributed by atoms with Gasteiger partial charge in [-0.15, -0.1) is 0 Å². The van der Waals surface area contributed by atoms with Crippen molar-refractivity contribution in [1.82, 2.24) is 24.8 Å². The van der Waals surface area contributed by atoms with E-state index in [-0.39, 0.29) is 18.1 Å². The summed E-state index contributed by atoms with van der Waals surface area (Å²) >= 11 is 14.2. The third-order valence-corrected chi connectivity index (χ3v) is 10.5. The van der Waals surface area contributed by atoms with Gasteiger partial charge in [-0.3, -0.25) is 19.6 Å². The van der Waals surface area contributed by atoms with Crippen LogP contribution in [-0.2, 0) is 17.8 Å². The van der Waals surface area contributed by atoms with Crippen LogP contribution >= 0.6 is 23.2 Å². The zero-order valence-electron chi connectivity index (χ0n) is 26.8. The number of β-amino-alcohol motifs (C(OH)–C–C–N with tert-alkyl or cyclic N) is 1. The maximum atomic E-state index is 11.7. The zero-order chi connectivity index (χ0) is 33.5. The standard InChI is InChI=1S/C36H37Cl2N5O5/c1-47-34-29(19-42-17-22(44)18-42)39-15-28(41-34)26-10-4-8-24(33(26)38)23-7-3-9-25(32(23)37)27-14-20-11-12-30(31(20)35(40-27)48-2)43-13-5-6-21(16-43)36(45)46/h3-4,7-10,14-15,21-22,30,44H,5-6,11-13,16-19H2,1-2H3,(H,45,46)/t21-,30?/m1/s1. The van der Waals surface area contributed by atoms with Crippen LogP contribution in [0.1, 0.15) is 42.1 Å². The molecule has 2 fully saturated rings. The van der Waals surface area contributed by atoms with Crippen molar-refractivity contribution in [2.45, 2.75) is 44.4 Å². The van der Waals surface area contributed by atoms with E-state index in [0.717, 1.165) is 53.6 Å². The SMILES string of the molecule is COc1nc(-c2cccc(-c3cccc(-c4cc5c(c(OC)n4)C(N4CCC[C@@H](C(=O)O)C4)CC5)c3Cl)c2Cl)cnc1CN1CC(O)C1. The summed E-state index contributed by atoms with van der Waals surface area (Å²) in [5.41, 5.74) is 7.09. The Morgan fingerprint density at radius 1 is 0.917 bits per heavy atom. The van der Waals surface area contributed by atoms with Crippen LogP contribution in [0.3, 0.4) is 0 Å². The van der Waals surface area contributed by atoms with Gasteiger partial charge in [0.1, 0.15) is 5.69 Å². The van der Waals surface area contributed by atoms with E-state index in [9.17, 15) is 15.0 Å². The molecular weight excluding hydrogens is 653 g/mol. The lowest BCUT2D eigenvalue weighted by molar-refractivity contribution is -0.144. The number of likely N-dealkylation sites (tertiary alicyclic amines) is 2. The van der Waals surface area contributed by atoms with Crippen LogP contribution in [0.5, 0.6) is 11.8 Å². The number of nitrogens with zero attached hydrogens (tertiary/aromatic N) is 5. The maximum Gasteiger partial charge on any atom is 0.307 e. The highest BCUT2D eigenvalue weighted by Gasteiger charge is 2.36. The predicted octanol–water partition coefficient (Wildman–Crippen LogP) is 6.16. The van der Waals surface area contributed by atoms with Crippen molar-refractivity contribution < 1.29 is 24.5 Å². The average molecular weight is 691 g/mol. The number of hydrogen-bond donors (Lipinski definition) is 2. The van der Waals surface area contributed by atoms with Gasteiger partial charge in [0, 0.05) is 60.0 Å². The van der Waals surface area contributed by atoms with E-state index in [0.29, 0.717) is 77.1 Å². The molecule has 4 heterocycles. The number of aromatic nitrogens is 3. The first-order valence-corrected chi connectivity index (χ1v) is 16.9. The number of hydrogen-bond acceptors (Lipinski definition) is 9. The highest BCUT2D eigenvalue weighted by molar-refractivity contribution is 6.39. The number of carbonyl (C=O) groups is 1. The van der Waals surface area contributed by atoms with Gasteiger partial charge in [-0.05, 0) is 43.9 Å². The van der Waals surface area contributed by atoms with Crippen LogP contribution in [0.2, 0.25) is 10.0 Å². The fraction of sp³-hybridized carbons (Fsp3) is 0.389. The minimum atomic E-state index is -0.733. The van der Waals surface area contributed by atoms with Gasteiger partial charge in [-0.1, -0.05) is 59.6 Å². The molecule has 0 spiro atoms. The Bertz CT molecular complexity index is 1870. The quantitative estimate of drug-likeness (QED) is 0.211. The summed E-state index contributed by atoms with van der Waals surface area (Å²) in [5, 5.41) is 20.3. The second-order valence-electron chi connectivity index (χ2n) is 12.7. The summed E-state index contributed by atoms with van der Waals surface area (Å²) in [6, 6.07) is 13.7. The van der Waals surface area contributed by atoms with Crippen molar-refractivity contribution in [3.63, 3.8) is 0 Å². The van der Waals surface area contributed by atoms with E-state index >= 15 is 0 Å². The Balaban J connectivity index is 1.20. The molecule has 1 unspecified atom stereocenters. The summed E-state index contributed by atoms with van der Waals surface area (Å²) in [6.45, 7) is 3.13. The number of carboxylic acid groups (broad SMARTS) is 1. The fourth-order valence-corrected chi connectivity index (χ4v) is 7.94. The summed E-state index contributed by atoms with van der Waals surface area (Å²) < 4.78 is 11.4. The predicted molar refractivity (Wildman–Crippen MR) is 184 cm³/mol. The molecule has 250 valence electrons. The van der Waals surface area contributed by atoms with Crippen LogP contribution in [0.15, 0.2) is 48.7 Å². The Morgan fingerprint density at radius 2 is 1.56 bits per heavy atom. The highest BCUT2D eigenvalue weighted by Crippen LogP contribution is 2.46. The van der Waals surface area contributed by atoms with E-state index in [4.69, 9.17) is 42.6 Å². The molecule has 48 heavy (non-hydrogen) atoms. The van der Waals surface area contributed by atoms with Crippen LogP contribution in [-0.4, -0.2) is 87.4 Å². The van der Waals surface area contributed by atoms with Crippen molar-refractivity contribution in [1.29, 1.82) is 0 Å². The van der Waals surface area contributed by atoms with Crippen LogP contribution in [0.25, 0.3) is 33.6 Å². The average Bonchev–Trinajstić information content (AvgIpc) is 3.52. The molecule has 3 aliphatic rings. The third-order valence-electron chi connectivity index (χ3n) is 9.72. The summed E-state index contributed by atoms with van der Waals surface area (Å²) in [6.07, 6.45) is 4.68. The maximum absolute atomic E-state index is 11.7. The van der Waals surface area contributed by atoms with Crippen molar-refractivity contribution in [3.05, 3.63) is 75.5 Å². The third kappa shape index (κ3) is 6.12. The normalized spacial score (nSPS) is 19.9. The van der Waals surface area contributed by atoms with Gasteiger partial charge in [0.15, 0.2) is 0 Å². The number of aliphatic hydroxyl groups is 1. The lowest BCUT2D eigenvalue weighted by atomic mass is 9.95. The number of halogens is 2. The molecule has 0 radical (unpaired) electrons. The second-order valence-corrected chi connectivity index (χ2v) is 13.5. The van der Waals surface area contributed by atoms with Gasteiger partial charge in [0.25, 0.3) is 0 Å². The monoisotopic (exact) mass is 689 g/mol. The van der Waals surface area contributed by atoms with Gasteiger partial charge in [-0.25, -0.2) is 9.97 Å². The van der Waals surface area contributed by atoms with Gasteiger partial charge < -0.3 is 19.7 Å². The molecule has 2 aromatic heterocycles. The molecule has 12 heteroatoms. The number of piperidine rings is 1. The highest BCUT2D eigenvalue weighted by atomic mass is 35.5. The molecule has 2 aromatic carbocycles. The minimum absolute atomic E-state index is 0.0707. The fourth-order valence-electron chi connectivity index (χ4n) is 7.29. The lowest BCUT2D eigenvalue weighted by Gasteiger charge is -2.35. The smallest absolute Gasteiger partial charge is 0.307 e. The van der Waals surface area contributed by atoms with E-state index < -0.39 is 5.97 Å². The van der Waals surface area contributed by atoms with Crippen LogP contribution in [0.4, 0.5) is 0 Å². The number of benzene rings is 2. The Kier molecular flexibility index (Phi) is 9.28. The molecule has 0 bridgehead atoms. The first-order valence-electron chi connectivity index (χ1n) is 16.2. The van der Waals surface area contributed by atoms with Gasteiger partial charge >= 0.3 is 5.97 Å². The molecule has 7 rings (SSSR count). The molecule has 2 aliphatic heterocycles. The number of aryl methyl sites for hydroxylation is 1. The van der Waals surface area contributed by atoms with E-state index in [1.807, 2.05) is 36.4 Å².